The molecule has 0 heterocycles. The maximum Gasteiger partial charge on any atom is 0.341 e. The predicted octanol–water partition coefficient (Wildman–Crippen LogP) is 3.24. The molecule has 0 aliphatic carbocycles. The van der Waals surface area contributed by atoms with Gasteiger partial charge in [0.2, 0.25) is 0 Å². The minimum absolute atomic E-state index is 0.259. The van der Waals surface area contributed by atoms with Crippen molar-refractivity contribution in [2.45, 2.75) is 51.9 Å². The molecule has 0 unspecified atom stereocenters. The Morgan fingerprint density at radius 3 is 2.43 bits per heavy atom. The lowest BCUT2D eigenvalue weighted by molar-refractivity contribution is -0.119. The van der Waals surface area contributed by atoms with Crippen LogP contribution in [-0.4, -0.2) is 25.6 Å². The van der Waals surface area contributed by atoms with Crippen molar-refractivity contribution in [3.8, 4) is 5.75 Å². The highest BCUT2D eigenvalue weighted by Gasteiger charge is 2.14. The molecule has 0 atom stereocenters. The third kappa shape index (κ3) is 7.17. The Morgan fingerprint density at radius 2 is 1.78 bits per heavy atom. The minimum Gasteiger partial charge on any atom is -0.483 e. The Morgan fingerprint density at radius 1 is 1.09 bits per heavy atom. The summed E-state index contributed by atoms with van der Waals surface area (Å²) in [4.78, 5) is 22.6. The van der Waals surface area contributed by atoms with E-state index >= 15 is 0 Å². The van der Waals surface area contributed by atoms with Gasteiger partial charge in [-0.2, -0.15) is 0 Å². The number of rotatable bonds is 11. The largest absolute Gasteiger partial charge is 0.483 e. The highest BCUT2D eigenvalue weighted by molar-refractivity contribution is 5.92. The summed E-state index contributed by atoms with van der Waals surface area (Å²) in [6.07, 6.45) is 8.27. The second kappa shape index (κ2) is 10.6. The number of primary amides is 1. The van der Waals surface area contributed by atoms with Crippen molar-refractivity contribution < 1.29 is 19.1 Å². The SMILES string of the molecule is CCCCCCCCc1ccc(C(=O)OC)c(OCC(N)=O)c1. The van der Waals surface area contributed by atoms with Gasteiger partial charge < -0.3 is 15.2 Å². The fourth-order valence-corrected chi connectivity index (χ4v) is 2.38. The Hall–Kier alpha value is -2.04. The summed E-state index contributed by atoms with van der Waals surface area (Å²) >= 11 is 0. The van der Waals surface area contributed by atoms with Crippen molar-refractivity contribution in [2.24, 2.45) is 5.73 Å². The fraction of sp³-hybridized carbons (Fsp3) is 0.556. The van der Waals surface area contributed by atoms with Crippen LogP contribution in [0.4, 0.5) is 0 Å². The Bertz CT molecular complexity index is 514. The minimum atomic E-state index is -0.581. The molecule has 0 aliphatic heterocycles. The molecule has 1 rings (SSSR count). The number of ether oxygens (including phenoxy) is 2. The molecule has 128 valence electrons. The molecule has 2 N–H and O–H groups in total. The third-order valence-corrected chi connectivity index (χ3v) is 3.64. The summed E-state index contributed by atoms with van der Waals surface area (Å²) in [7, 11) is 1.31. The summed E-state index contributed by atoms with van der Waals surface area (Å²) in [5.74, 6) is -0.725. The predicted molar refractivity (Wildman–Crippen MR) is 89.6 cm³/mol. The quantitative estimate of drug-likeness (QED) is 0.501. The van der Waals surface area contributed by atoms with Gasteiger partial charge in [0.25, 0.3) is 5.91 Å². The second-order valence-electron chi connectivity index (χ2n) is 5.59. The maximum atomic E-state index is 11.7. The van der Waals surface area contributed by atoms with E-state index in [1.807, 2.05) is 6.07 Å². The average Bonchev–Trinajstić information content (AvgIpc) is 2.55. The fourth-order valence-electron chi connectivity index (χ4n) is 2.38. The first-order chi connectivity index (χ1) is 11.1. The Kier molecular flexibility index (Phi) is 8.80. The molecule has 0 aliphatic rings. The first-order valence-electron chi connectivity index (χ1n) is 8.20. The highest BCUT2D eigenvalue weighted by Crippen LogP contribution is 2.23. The number of hydrogen-bond acceptors (Lipinski definition) is 4. The molecule has 0 saturated carbocycles. The van der Waals surface area contributed by atoms with Gasteiger partial charge in [0.05, 0.1) is 7.11 Å². The number of benzene rings is 1. The molecule has 1 amide bonds. The van der Waals surface area contributed by atoms with E-state index in [1.165, 1.54) is 39.2 Å². The summed E-state index contributed by atoms with van der Waals surface area (Å²) in [6.45, 7) is 1.95. The topological polar surface area (TPSA) is 78.6 Å². The normalized spacial score (nSPS) is 10.3. The summed E-state index contributed by atoms with van der Waals surface area (Å²) in [5.41, 5.74) is 6.48. The molecule has 5 nitrogen and oxygen atoms in total. The second-order valence-corrected chi connectivity index (χ2v) is 5.59. The van der Waals surface area contributed by atoms with Crippen molar-refractivity contribution in [1.29, 1.82) is 0 Å². The summed E-state index contributed by atoms with van der Waals surface area (Å²) < 4.78 is 10.1. The number of carbonyl (C=O) groups is 2. The van der Waals surface area contributed by atoms with Gasteiger partial charge in [0.1, 0.15) is 11.3 Å². The monoisotopic (exact) mass is 321 g/mol. The van der Waals surface area contributed by atoms with Crippen LogP contribution in [-0.2, 0) is 16.0 Å². The van der Waals surface area contributed by atoms with E-state index in [1.54, 1.807) is 12.1 Å². The van der Waals surface area contributed by atoms with Gasteiger partial charge in [0.15, 0.2) is 6.61 Å². The van der Waals surface area contributed by atoms with Crippen LogP contribution in [0, 0.1) is 0 Å². The lowest BCUT2D eigenvalue weighted by Crippen LogP contribution is -2.21. The molecule has 0 aromatic heterocycles. The zero-order chi connectivity index (χ0) is 17.1. The van der Waals surface area contributed by atoms with E-state index in [0.29, 0.717) is 11.3 Å². The van der Waals surface area contributed by atoms with Crippen LogP contribution < -0.4 is 10.5 Å². The molecule has 5 heteroatoms. The smallest absolute Gasteiger partial charge is 0.341 e. The number of nitrogens with two attached hydrogens (primary N) is 1. The molecule has 0 radical (unpaired) electrons. The number of carbonyl (C=O) groups excluding carboxylic acids is 2. The molecular formula is C18H27NO4. The van der Waals surface area contributed by atoms with Crippen LogP contribution in [0.2, 0.25) is 0 Å². The van der Waals surface area contributed by atoms with Crippen LogP contribution in [0.1, 0.15) is 61.4 Å². The molecule has 23 heavy (non-hydrogen) atoms. The first kappa shape index (κ1) is 19.0. The van der Waals surface area contributed by atoms with Gasteiger partial charge in [-0.15, -0.1) is 0 Å². The standard InChI is InChI=1S/C18H27NO4/c1-3-4-5-6-7-8-9-14-10-11-15(18(21)22-2)16(12-14)23-13-17(19)20/h10-12H,3-9,13H2,1-2H3,(H2,19,20). The van der Waals surface area contributed by atoms with Gasteiger partial charge in [0, 0.05) is 0 Å². The lowest BCUT2D eigenvalue weighted by atomic mass is 10.0. The van der Waals surface area contributed by atoms with Crippen LogP contribution in [0.25, 0.3) is 0 Å². The van der Waals surface area contributed by atoms with Gasteiger partial charge in [-0.25, -0.2) is 4.79 Å². The van der Waals surface area contributed by atoms with E-state index in [4.69, 9.17) is 15.2 Å². The molecule has 0 spiro atoms. The number of unbranched alkanes of at least 4 members (excludes halogenated alkanes) is 5. The lowest BCUT2D eigenvalue weighted by Gasteiger charge is -2.11. The van der Waals surface area contributed by atoms with Gasteiger partial charge in [-0.3, -0.25) is 4.79 Å². The average molecular weight is 321 g/mol. The summed E-state index contributed by atoms with van der Waals surface area (Å²) in [5, 5.41) is 0. The molecule has 0 fully saturated rings. The van der Waals surface area contributed by atoms with E-state index < -0.39 is 11.9 Å². The zero-order valence-corrected chi connectivity index (χ0v) is 14.1. The van der Waals surface area contributed by atoms with E-state index in [9.17, 15) is 9.59 Å². The number of hydrogen-bond donors (Lipinski definition) is 1. The van der Waals surface area contributed by atoms with Crippen molar-refractivity contribution in [3.63, 3.8) is 0 Å². The van der Waals surface area contributed by atoms with Crippen molar-refractivity contribution in [2.75, 3.05) is 13.7 Å². The van der Waals surface area contributed by atoms with Crippen LogP contribution >= 0.6 is 0 Å². The number of methoxy groups -OCH3 is 1. The number of aryl methyl sites for hydroxylation is 1. The van der Waals surface area contributed by atoms with Gasteiger partial charge in [-0.05, 0) is 30.5 Å². The molecule has 1 aromatic carbocycles. The summed E-state index contributed by atoms with van der Waals surface area (Å²) in [6, 6.07) is 5.37. The Labute approximate surface area is 138 Å². The molecular weight excluding hydrogens is 294 g/mol. The molecule has 0 saturated heterocycles. The van der Waals surface area contributed by atoms with E-state index in [-0.39, 0.29) is 6.61 Å². The molecule has 0 bridgehead atoms. The third-order valence-electron chi connectivity index (χ3n) is 3.64. The Balaban J connectivity index is 2.64. The van der Waals surface area contributed by atoms with Crippen molar-refractivity contribution in [3.05, 3.63) is 29.3 Å². The van der Waals surface area contributed by atoms with E-state index in [2.05, 4.69) is 6.92 Å². The van der Waals surface area contributed by atoms with Crippen LogP contribution in [0.15, 0.2) is 18.2 Å². The van der Waals surface area contributed by atoms with Crippen LogP contribution in [0.5, 0.6) is 5.75 Å². The van der Waals surface area contributed by atoms with Crippen molar-refractivity contribution in [1.82, 2.24) is 0 Å². The zero-order valence-electron chi connectivity index (χ0n) is 14.1. The first-order valence-corrected chi connectivity index (χ1v) is 8.20. The number of esters is 1. The van der Waals surface area contributed by atoms with Crippen LogP contribution in [0.3, 0.4) is 0 Å². The molecule has 1 aromatic rings. The van der Waals surface area contributed by atoms with Gasteiger partial charge >= 0.3 is 5.97 Å². The maximum absolute atomic E-state index is 11.7. The van der Waals surface area contributed by atoms with Gasteiger partial charge in [-0.1, -0.05) is 45.1 Å². The van der Waals surface area contributed by atoms with E-state index in [0.717, 1.165) is 18.4 Å². The highest BCUT2D eigenvalue weighted by atomic mass is 16.5. The van der Waals surface area contributed by atoms with Crippen molar-refractivity contribution >= 4 is 11.9 Å². The number of amides is 1.